The van der Waals surface area contributed by atoms with Crippen LogP contribution in [0.5, 0.6) is 0 Å². The molecule has 1 heterocycles. The lowest BCUT2D eigenvalue weighted by molar-refractivity contribution is -0.111. The summed E-state index contributed by atoms with van der Waals surface area (Å²) in [6, 6.07) is 0. The first-order valence-electron chi connectivity index (χ1n) is 5.81. The average Bonchev–Trinajstić information content (AvgIpc) is 2.18. The smallest absolute Gasteiger partial charge is 0.199 e. The van der Waals surface area contributed by atoms with Crippen LogP contribution in [0.4, 0.5) is 0 Å². The van der Waals surface area contributed by atoms with Gasteiger partial charge in [0.05, 0.1) is 6.54 Å². The van der Waals surface area contributed by atoms with E-state index < -0.39 is 0 Å². The number of likely N-dealkylation sites (tertiary alicyclic amines) is 1. The van der Waals surface area contributed by atoms with Gasteiger partial charge in [0.25, 0.3) is 0 Å². The molecule has 0 aliphatic carbocycles. The Balaban J connectivity index is 2.02. The number of carbonyl (C=O) groups is 1. The number of piperidine rings is 1. The van der Waals surface area contributed by atoms with Crippen LogP contribution in [0.1, 0.15) is 25.7 Å². The van der Waals surface area contributed by atoms with Gasteiger partial charge in [-0.05, 0) is 52.5 Å². The molecule has 1 rings (SSSR count). The van der Waals surface area contributed by atoms with Crippen molar-refractivity contribution in [2.75, 3.05) is 39.8 Å². The van der Waals surface area contributed by atoms with Gasteiger partial charge < -0.3 is 4.90 Å². The summed E-state index contributed by atoms with van der Waals surface area (Å²) in [5.41, 5.74) is 0. The fourth-order valence-electron chi connectivity index (χ4n) is 2.06. The summed E-state index contributed by atoms with van der Waals surface area (Å²) in [6.07, 6.45) is 5.25. The molecule has 15 heavy (non-hydrogen) atoms. The molecule has 0 aromatic heterocycles. The first-order chi connectivity index (χ1) is 7.18. The zero-order valence-corrected chi connectivity index (χ0v) is 10.5. The second-order valence-corrected chi connectivity index (χ2v) is 4.89. The molecule has 1 saturated heterocycles. The Morgan fingerprint density at radius 2 is 2.00 bits per heavy atom. The van der Waals surface area contributed by atoms with Crippen LogP contribution in [0, 0.1) is 0 Å². The van der Waals surface area contributed by atoms with E-state index in [9.17, 15) is 4.79 Å². The second-order valence-electron chi connectivity index (χ2n) is 4.39. The van der Waals surface area contributed by atoms with Crippen LogP contribution in [-0.2, 0) is 4.79 Å². The molecule has 1 aliphatic heterocycles. The van der Waals surface area contributed by atoms with Crippen LogP contribution < -0.4 is 0 Å². The molecule has 0 spiro atoms. The molecule has 4 heteroatoms. The maximum absolute atomic E-state index is 10.7. The van der Waals surface area contributed by atoms with Gasteiger partial charge in [-0.25, -0.2) is 0 Å². The van der Waals surface area contributed by atoms with Crippen molar-refractivity contribution in [3.8, 4) is 0 Å². The van der Waals surface area contributed by atoms with Crippen molar-refractivity contribution in [2.24, 2.45) is 0 Å². The molecule has 0 aromatic rings. The normalized spacial score (nSPS) is 18.3. The molecule has 1 fully saturated rings. The monoisotopic (exact) mass is 230 g/mol. The Kier molecular flexibility index (Phi) is 6.29. The lowest BCUT2D eigenvalue weighted by Crippen LogP contribution is -2.33. The highest BCUT2D eigenvalue weighted by Gasteiger charge is 2.09. The molecule has 0 bridgehead atoms. The zero-order chi connectivity index (χ0) is 11.1. The van der Waals surface area contributed by atoms with Crippen molar-refractivity contribution >= 4 is 17.7 Å². The molecule has 0 radical (unpaired) electrons. The Bertz CT molecular complexity index is 193. The van der Waals surface area contributed by atoms with Gasteiger partial charge in [0.2, 0.25) is 0 Å². The van der Waals surface area contributed by atoms with Crippen LogP contribution in [-0.4, -0.2) is 54.7 Å². The standard InChI is InChI=1S/C11H22N2OS/c1-12(10-11(14)15)6-5-9-13-7-3-2-4-8-13/h2-10H2,1H3,(H,14,15). The largest absolute Gasteiger partial charge is 0.303 e. The molecule has 88 valence electrons. The Hall–Kier alpha value is -0.0600. The molecular formula is C11H22N2OS. The van der Waals surface area contributed by atoms with Gasteiger partial charge >= 0.3 is 0 Å². The highest BCUT2D eigenvalue weighted by molar-refractivity contribution is 7.96. The summed E-state index contributed by atoms with van der Waals surface area (Å²) in [5.74, 6) is 0. The van der Waals surface area contributed by atoms with Gasteiger partial charge in [-0.2, -0.15) is 0 Å². The lowest BCUT2D eigenvalue weighted by Gasteiger charge is -2.27. The summed E-state index contributed by atoms with van der Waals surface area (Å²) >= 11 is 3.77. The van der Waals surface area contributed by atoms with E-state index in [1.165, 1.54) is 38.9 Å². The summed E-state index contributed by atoms with van der Waals surface area (Å²) in [5, 5.41) is -0.0459. The van der Waals surface area contributed by atoms with Crippen molar-refractivity contribution < 1.29 is 4.79 Å². The quantitative estimate of drug-likeness (QED) is 0.695. The number of thiol groups is 1. The predicted octanol–water partition coefficient (Wildman–Crippen LogP) is 1.25. The third-order valence-electron chi connectivity index (χ3n) is 2.87. The van der Waals surface area contributed by atoms with E-state index in [2.05, 4.69) is 17.5 Å². The summed E-state index contributed by atoms with van der Waals surface area (Å²) in [7, 11) is 1.98. The number of rotatable bonds is 6. The van der Waals surface area contributed by atoms with E-state index in [1.807, 2.05) is 11.9 Å². The van der Waals surface area contributed by atoms with Crippen molar-refractivity contribution in [2.45, 2.75) is 25.7 Å². The maximum atomic E-state index is 10.7. The van der Waals surface area contributed by atoms with Crippen molar-refractivity contribution in [3.05, 3.63) is 0 Å². The van der Waals surface area contributed by atoms with Crippen molar-refractivity contribution in [3.63, 3.8) is 0 Å². The minimum atomic E-state index is -0.0459. The highest BCUT2D eigenvalue weighted by atomic mass is 32.1. The number of nitrogens with zero attached hydrogens (tertiary/aromatic N) is 2. The van der Waals surface area contributed by atoms with Gasteiger partial charge in [0, 0.05) is 0 Å². The molecule has 0 saturated carbocycles. The fraction of sp³-hybridized carbons (Fsp3) is 0.909. The zero-order valence-electron chi connectivity index (χ0n) is 9.61. The number of likely N-dealkylation sites (N-methyl/N-ethyl adjacent to an activating group) is 1. The topological polar surface area (TPSA) is 23.6 Å². The summed E-state index contributed by atoms with van der Waals surface area (Å²) < 4.78 is 0. The maximum Gasteiger partial charge on any atom is 0.199 e. The van der Waals surface area contributed by atoms with Gasteiger partial charge in [0.1, 0.15) is 0 Å². The number of hydrogen-bond acceptors (Lipinski definition) is 3. The first-order valence-corrected chi connectivity index (χ1v) is 6.26. The van der Waals surface area contributed by atoms with Crippen LogP contribution in [0.3, 0.4) is 0 Å². The van der Waals surface area contributed by atoms with E-state index in [-0.39, 0.29) is 5.12 Å². The molecule has 0 aromatic carbocycles. The molecule has 0 N–H and O–H groups in total. The molecule has 1 aliphatic rings. The van der Waals surface area contributed by atoms with E-state index in [0.29, 0.717) is 6.54 Å². The molecule has 0 amide bonds. The third kappa shape index (κ3) is 6.17. The minimum Gasteiger partial charge on any atom is -0.303 e. The molecule has 3 nitrogen and oxygen atoms in total. The SMILES string of the molecule is CN(CCCN1CCCCC1)CC(=O)S. The second kappa shape index (κ2) is 7.25. The van der Waals surface area contributed by atoms with Crippen LogP contribution >= 0.6 is 12.6 Å². The van der Waals surface area contributed by atoms with Crippen molar-refractivity contribution in [1.29, 1.82) is 0 Å². The minimum absolute atomic E-state index is 0.0459. The number of hydrogen-bond donors (Lipinski definition) is 1. The predicted molar refractivity (Wildman–Crippen MR) is 66.4 cm³/mol. The average molecular weight is 230 g/mol. The third-order valence-corrected chi connectivity index (χ3v) is 3.01. The van der Waals surface area contributed by atoms with E-state index in [1.54, 1.807) is 0 Å². The van der Waals surface area contributed by atoms with Gasteiger partial charge in [-0.15, -0.1) is 12.6 Å². The van der Waals surface area contributed by atoms with Crippen LogP contribution in [0.25, 0.3) is 0 Å². The van der Waals surface area contributed by atoms with E-state index in [4.69, 9.17) is 0 Å². The lowest BCUT2D eigenvalue weighted by atomic mass is 10.1. The summed E-state index contributed by atoms with van der Waals surface area (Å²) in [4.78, 5) is 15.3. The van der Waals surface area contributed by atoms with E-state index >= 15 is 0 Å². The number of carbonyl (C=O) groups excluding carboxylic acids is 1. The Morgan fingerprint density at radius 1 is 1.33 bits per heavy atom. The Labute approximate surface area is 98.2 Å². The van der Waals surface area contributed by atoms with Gasteiger partial charge in [-0.3, -0.25) is 9.69 Å². The highest BCUT2D eigenvalue weighted by Crippen LogP contribution is 2.08. The molecule has 0 atom stereocenters. The molecule has 0 unspecified atom stereocenters. The van der Waals surface area contributed by atoms with E-state index in [0.717, 1.165) is 13.0 Å². The van der Waals surface area contributed by atoms with Crippen LogP contribution in [0.15, 0.2) is 0 Å². The summed E-state index contributed by atoms with van der Waals surface area (Å²) in [6.45, 7) is 5.14. The van der Waals surface area contributed by atoms with Gasteiger partial charge in [0.15, 0.2) is 5.12 Å². The first kappa shape index (κ1) is 13.0. The Morgan fingerprint density at radius 3 is 2.60 bits per heavy atom. The van der Waals surface area contributed by atoms with Crippen LogP contribution in [0.2, 0.25) is 0 Å². The fourth-order valence-corrected chi connectivity index (χ4v) is 2.30. The molecular weight excluding hydrogens is 208 g/mol. The van der Waals surface area contributed by atoms with Gasteiger partial charge in [-0.1, -0.05) is 6.42 Å². The van der Waals surface area contributed by atoms with Crippen molar-refractivity contribution in [1.82, 2.24) is 9.80 Å².